The van der Waals surface area contributed by atoms with Crippen molar-refractivity contribution < 1.29 is 14.7 Å². The molecule has 0 aliphatic carbocycles. The number of benzene rings is 2. The number of nitrogens with zero attached hydrogens (tertiary/aromatic N) is 1. The Balaban J connectivity index is 1.86. The molecule has 2 aromatic carbocycles. The summed E-state index contributed by atoms with van der Waals surface area (Å²) in [7, 11) is 0. The molecular formula is C19H18N2O3. The molecule has 0 saturated carbocycles. The van der Waals surface area contributed by atoms with Gasteiger partial charge in [-0.2, -0.15) is 0 Å². The summed E-state index contributed by atoms with van der Waals surface area (Å²) in [6.45, 7) is 2.08. The molecule has 0 atom stereocenters. The fraction of sp³-hybridized carbons (Fsp3) is 0.158. The Labute approximate surface area is 139 Å². The van der Waals surface area contributed by atoms with Gasteiger partial charge in [0.1, 0.15) is 5.69 Å². The number of nitrogens with one attached hydrogen (secondary N) is 1. The second-order valence-electron chi connectivity index (χ2n) is 5.62. The number of fused-ring (bicyclic) bond motifs is 1. The van der Waals surface area contributed by atoms with Crippen molar-refractivity contribution in [1.29, 1.82) is 0 Å². The Kier molecular flexibility index (Phi) is 4.33. The van der Waals surface area contributed by atoms with E-state index in [2.05, 4.69) is 4.98 Å². The molecule has 2 N–H and O–H groups in total. The van der Waals surface area contributed by atoms with E-state index in [1.165, 1.54) is 0 Å². The van der Waals surface area contributed by atoms with Crippen LogP contribution in [0.1, 0.15) is 23.0 Å². The van der Waals surface area contributed by atoms with Crippen molar-refractivity contribution in [2.75, 3.05) is 11.4 Å². The minimum atomic E-state index is -0.980. The number of aromatic carboxylic acids is 1. The quantitative estimate of drug-likeness (QED) is 0.755. The summed E-state index contributed by atoms with van der Waals surface area (Å²) >= 11 is 0. The van der Waals surface area contributed by atoms with E-state index < -0.39 is 5.97 Å². The van der Waals surface area contributed by atoms with Gasteiger partial charge in [-0.25, -0.2) is 4.79 Å². The third kappa shape index (κ3) is 3.15. The minimum absolute atomic E-state index is 0.0198. The first kappa shape index (κ1) is 15.8. The van der Waals surface area contributed by atoms with Crippen LogP contribution < -0.4 is 4.90 Å². The zero-order valence-corrected chi connectivity index (χ0v) is 13.3. The van der Waals surface area contributed by atoms with Gasteiger partial charge in [0.15, 0.2) is 0 Å². The van der Waals surface area contributed by atoms with Gasteiger partial charge in [-0.1, -0.05) is 30.3 Å². The summed E-state index contributed by atoms with van der Waals surface area (Å²) in [5.41, 5.74) is 2.83. The van der Waals surface area contributed by atoms with Crippen LogP contribution in [0.25, 0.3) is 10.9 Å². The normalized spacial score (nSPS) is 10.7. The number of hydrogen-bond acceptors (Lipinski definition) is 2. The largest absolute Gasteiger partial charge is 0.477 e. The Morgan fingerprint density at radius 1 is 1.08 bits per heavy atom. The molecule has 0 radical (unpaired) electrons. The van der Waals surface area contributed by atoms with E-state index in [1.807, 2.05) is 48.5 Å². The van der Waals surface area contributed by atoms with Crippen LogP contribution in [0.5, 0.6) is 0 Å². The Morgan fingerprint density at radius 2 is 1.83 bits per heavy atom. The standard InChI is InChI=1S/C19H18N2O3/c1-13(22)21(15-7-3-2-4-8-15)11-10-14-6-5-9-17-16(14)12-18(20-17)19(23)24/h2-9,12,20H,10-11H2,1H3,(H,23,24). The van der Waals surface area contributed by atoms with E-state index in [-0.39, 0.29) is 11.6 Å². The molecule has 3 rings (SSSR count). The maximum atomic E-state index is 12.0. The van der Waals surface area contributed by atoms with Crippen LogP contribution in [0.3, 0.4) is 0 Å². The number of carbonyl (C=O) groups is 2. The van der Waals surface area contributed by atoms with Gasteiger partial charge < -0.3 is 15.0 Å². The van der Waals surface area contributed by atoms with Gasteiger partial charge in [-0.15, -0.1) is 0 Å². The predicted molar refractivity (Wildman–Crippen MR) is 93.4 cm³/mol. The van der Waals surface area contributed by atoms with Crippen molar-refractivity contribution in [1.82, 2.24) is 4.98 Å². The number of aromatic amines is 1. The van der Waals surface area contributed by atoms with Crippen molar-refractivity contribution in [3.63, 3.8) is 0 Å². The maximum Gasteiger partial charge on any atom is 0.352 e. The summed E-state index contributed by atoms with van der Waals surface area (Å²) in [5, 5.41) is 10.0. The van der Waals surface area contributed by atoms with Crippen molar-refractivity contribution in [3.8, 4) is 0 Å². The molecule has 5 nitrogen and oxygen atoms in total. The molecule has 0 aliphatic rings. The van der Waals surface area contributed by atoms with E-state index in [4.69, 9.17) is 5.11 Å². The van der Waals surface area contributed by atoms with E-state index >= 15 is 0 Å². The SMILES string of the molecule is CC(=O)N(CCc1cccc2[nH]c(C(=O)O)cc12)c1ccccc1. The lowest BCUT2D eigenvalue weighted by Crippen LogP contribution is -2.30. The van der Waals surface area contributed by atoms with Crippen LogP contribution in [-0.4, -0.2) is 28.5 Å². The zero-order chi connectivity index (χ0) is 17.1. The lowest BCUT2D eigenvalue weighted by Gasteiger charge is -2.21. The minimum Gasteiger partial charge on any atom is -0.477 e. The first-order valence-electron chi connectivity index (χ1n) is 7.73. The Hall–Kier alpha value is -3.08. The van der Waals surface area contributed by atoms with E-state index in [0.717, 1.165) is 22.2 Å². The fourth-order valence-electron chi connectivity index (χ4n) is 2.86. The van der Waals surface area contributed by atoms with Crippen LogP contribution in [0.2, 0.25) is 0 Å². The van der Waals surface area contributed by atoms with E-state index in [9.17, 15) is 9.59 Å². The van der Waals surface area contributed by atoms with Gasteiger partial charge in [0, 0.05) is 30.1 Å². The second-order valence-corrected chi connectivity index (χ2v) is 5.62. The number of carboxylic acids is 1. The molecule has 0 fully saturated rings. The predicted octanol–water partition coefficient (Wildman–Crippen LogP) is 3.46. The van der Waals surface area contributed by atoms with Crippen molar-refractivity contribution in [3.05, 3.63) is 65.9 Å². The molecule has 5 heteroatoms. The summed E-state index contributed by atoms with van der Waals surface area (Å²) in [6.07, 6.45) is 0.642. The van der Waals surface area contributed by atoms with E-state index in [0.29, 0.717) is 13.0 Å². The van der Waals surface area contributed by atoms with Crippen LogP contribution >= 0.6 is 0 Å². The average molecular weight is 322 g/mol. The molecule has 3 aromatic rings. The first-order valence-corrected chi connectivity index (χ1v) is 7.73. The van der Waals surface area contributed by atoms with Crippen LogP contribution in [-0.2, 0) is 11.2 Å². The highest BCUT2D eigenvalue weighted by Crippen LogP contribution is 2.22. The van der Waals surface area contributed by atoms with Gasteiger partial charge in [-0.3, -0.25) is 4.79 Å². The van der Waals surface area contributed by atoms with Gasteiger partial charge >= 0.3 is 5.97 Å². The summed E-state index contributed by atoms with van der Waals surface area (Å²) in [4.78, 5) is 27.7. The number of H-pyrrole nitrogens is 1. The van der Waals surface area contributed by atoms with Gasteiger partial charge in [-0.05, 0) is 36.2 Å². The fourth-order valence-corrected chi connectivity index (χ4v) is 2.86. The van der Waals surface area contributed by atoms with Crippen molar-refractivity contribution >= 4 is 28.5 Å². The monoisotopic (exact) mass is 322 g/mol. The first-order chi connectivity index (χ1) is 11.6. The molecule has 0 bridgehead atoms. The lowest BCUT2D eigenvalue weighted by molar-refractivity contribution is -0.116. The van der Waals surface area contributed by atoms with E-state index in [1.54, 1.807) is 17.9 Å². The highest BCUT2D eigenvalue weighted by molar-refractivity contribution is 5.95. The molecule has 0 spiro atoms. The highest BCUT2D eigenvalue weighted by atomic mass is 16.4. The van der Waals surface area contributed by atoms with Gasteiger partial charge in [0.25, 0.3) is 0 Å². The van der Waals surface area contributed by atoms with Crippen molar-refractivity contribution in [2.45, 2.75) is 13.3 Å². The highest BCUT2D eigenvalue weighted by Gasteiger charge is 2.14. The summed E-state index contributed by atoms with van der Waals surface area (Å²) in [5.74, 6) is -1.000. The molecule has 0 aliphatic heterocycles. The third-order valence-electron chi connectivity index (χ3n) is 4.04. The summed E-state index contributed by atoms with van der Waals surface area (Å²) in [6, 6.07) is 16.9. The topological polar surface area (TPSA) is 73.4 Å². The van der Waals surface area contributed by atoms with Crippen LogP contribution in [0.15, 0.2) is 54.6 Å². The number of para-hydroxylation sites is 1. The van der Waals surface area contributed by atoms with Crippen molar-refractivity contribution in [2.24, 2.45) is 0 Å². The van der Waals surface area contributed by atoms with Crippen LogP contribution in [0.4, 0.5) is 5.69 Å². The maximum absolute atomic E-state index is 12.0. The zero-order valence-electron chi connectivity index (χ0n) is 13.3. The number of aromatic nitrogens is 1. The summed E-state index contributed by atoms with van der Waals surface area (Å²) < 4.78 is 0. The Bertz CT molecular complexity index is 884. The molecule has 0 saturated heterocycles. The number of carboxylic acid groups (broad SMARTS) is 1. The molecule has 1 amide bonds. The number of rotatable bonds is 5. The number of hydrogen-bond donors (Lipinski definition) is 2. The number of anilines is 1. The molecule has 1 aromatic heterocycles. The molecular weight excluding hydrogens is 304 g/mol. The van der Waals surface area contributed by atoms with Gasteiger partial charge in [0.2, 0.25) is 5.91 Å². The lowest BCUT2D eigenvalue weighted by atomic mass is 10.1. The third-order valence-corrected chi connectivity index (χ3v) is 4.04. The molecule has 0 unspecified atom stereocenters. The smallest absolute Gasteiger partial charge is 0.352 e. The second kappa shape index (κ2) is 6.58. The Morgan fingerprint density at radius 3 is 2.50 bits per heavy atom. The molecule has 1 heterocycles. The van der Waals surface area contributed by atoms with Crippen LogP contribution in [0, 0.1) is 0 Å². The number of amides is 1. The molecule has 24 heavy (non-hydrogen) atoms. The number of carbonyl (C=O) groups excluding carboxylic acids is 1. The average Bonchev–Trinajstić information content (AvgIpc) is 3.01. The van der Waals surface area contributed by atoms with Gasteiger partial charge in [0.05, 0.1) is 0 Å². The molecule has 122 valence electrons.